The summed E-state index contributed by atoms with van der Waals surface area (Å²) < 4.78 is 10.3. The molecule has 136 valence electrons. The molecule has 0 bridgehead atoms. The number of nitro groups is 1. The van der Waals surface area contributed by atoms with Gasteiger partial charge in [0.2, 0.25) is 0 Å². The zero-order chi connectivity index (χ0) is 18.7. The van der Waals surface area contributed by atoms with Crippen LogP contribution in [-0.4, -0.2) is 25.1 Å². The van der Waals surface area contributed by atoms with Gasteiger partial charge in [0, 0.05) is 6.07 Å². The number of aryl methyl sites for hydroxylation is 1. The highest BCUT2D eigenvalue weighted by atomic mass is 16.6. The van der Waals surface area contributed by atoms with Crippen molar-refractivity contribution in [2.24, 2.45) is 0 Å². The Morgan fingerprint density at radius 3 is 2.58 bits per heavy atom. The van der Waals surface area contributed by atoms with Crippen molar-refractivity contribution in [1.29, 1.82) is 0 Å². The summed E-state index contributed by atoms with van der Waals surface area (Å²) in [5.41, 5.74) is 1.90. The Morgan fingerprint density at radius 2 is 1.88 bits per heavy atom. The van der Waals surface area contributed by atoms with Crippen LogP contribution in [0.3, 0.4) is 0 Å². The second-order valence-electron chi connectivity index (χ2n) is 6.10. The van der Waals surface area contributed by atoms with Gasteiger partial charge in [-0.05, 0) is 30.4 Å². The van der Waals surface area contributed by atoms with E-state index in [1.165, 1.54) is 31.9 Å². The summed E-state index contributed by atoms with van der Waals surface area (Å²) in [6.07, 6.45) is 2.72. The first-order chi connectivity index (χ1) is 12.5. The molecule has 26 heavy (non-hydrogen) atoms. The summed E-state index contributed by atoms with van der Waals surface area (Å²) in [5.74, 6) is -0.0228. The Bertz CT molecular complexity index is 850. The first-order valence-electron chi connectivity index (χ1n) is 8.34. The zero-order valence-electron chi connectivity index (χ0n) is 14.7. The summed E-state index contributed by atoms with van der Waals surface area (Å²) in [7, 11) is 2.81. The lowest BCUT2D eigenvalue weighted by molar-refractivity contribution is -0.385. The number of nitro benzene ring substituents is 1. The molecule has 1 aliphatic rings. The number of rotatable bonds is 5. The molecule has 0 aromatic heterocycles. The molecule has 0 saturated carbocycles. The largest absolute Gasteiger partial charge is 0.493 e. The third kappa shape index (κ3) is 3.33. The van der Waals surface area contributed by atoms with E-state index in [-0.39, 0.29) is 28.8 Å². The van der Waals surface area contributed by atoms with E-state index in [9.17, 15) is 14.9 Å². The van der Waals surface area contributed by atoms with E-state index in [0.29, 0.717) is 0 Å². The van der Waals surface area contributed by atoms with E-state index in [1.807, 2.05) is 24.3 Å². The highest BCUT2D eigenvalue weighted by Crippen LogP contribution is 2.35. The second-order valence-corrected chi connectivity index (χ2v) is 6.10. The Kier molecular flexibility index (Phi) is 5.06. The van der Waals surface area contributed by atoms with Crippen molar-refractivity contribution in [1.82, 2.24) is 5.32 Å². The Morgan fingerprint density at radius 1 is 1.19 bits per heavy atom. The number of ether oxygens (including phenoxy) is 2. The number of fused-ring (bicyclic) bond motifs is 1. The van der Waals surface area contributed by atoms with E-state index < -0.39 is 10.8 Å². The van der Waals surface area contributed by atoms with Crippen LogP contribution < -0.4 is 14.8 Å². The molecule has 7 nitrogen and oxygen atoms in total. The third-order valence-electron chi connectivity index (χ3n) is 4.62. The van der Waals surface area contributed by atoms with Crippen molar-refractivity contribution in [3.05, 3.63) is 63.2 Å². The monoisotopic (exact) mass is 356 g/mol. The fourth-order valence-corrected chi connectivity index (χ4v) is 3.34. The number of carbonyl (C=O) groups excluding carboxylic acids is 1. The summed E-state index contributed by atoms with van der Waals surface area (Å²) in [5, 5.41) is 14.3. The average Bonchev–Trinajstić information content (AvgIpc) is 2.67. The fourth-order valence-electron chi connectivity index (χ4n) is 3.34. The molecule has 0 saturated heterocycles. The van der Waals surface area contributed by atoms with Gasteiger partial charge in [-0.1, -0.05) is 24.3 Å². The number of hydrogen-bond donors (Lipinski definition) is 1. The van der Waals surface area contributed by atoms with Crippen molar-refractivity contribution in [3.8, 4) is 11.5 Å². The molecule has 1 atom stereocenters. The molecule has 1 aliphatic carbocycles. The molecule has 0 heterocycles. The quantitative estimate of drug-likeness (QED) is 0.655. The van der Waals surface area contributed by atoms with Gasteiger partial charge >= 0.3 is 0 Å². The van der Waals surface area contributed by atoms with E-state index in [1.54, 1.807) is 0 Å². The van der Waals surface area contributed by atoms with Gasteiger partial charge in [0.1, 0.15) is 5.56 Å². The van der Waals surface area contributed by atoms with Crippen molar-refractivity contribution in [3.63, 3.8) is 0 Å². The summed E-state index contributed by atoms with van der Waals surface area (Å²) in [6, 6.07) is 10.3. The van der Waals surface area contributed by atoms with Crippen LogP contribution in [0.2, 0.25) is 0 Å². The Labute approximate surface area is 151 Å². The molecule has 0 spiro atoms. The minimum absolute atomic E-state index is 0.0456. The van der Waals surface area contributed by atoms with Crippen molar-refractivity contribution in [2.45, 2.75) is 25.3 Å². The number of methoxy groups -OCH3 is 2. The number of benzene rings is 2. The maximum Gasteiger partial charge on any atom is 0.286 e. The predicted octanol–water partition coefficient (Wildman–Crippen LogP) is 3.42. The van der Waals surface area contributed by atoms with Gasteiger partial charge in [0.15, 0.2) is 11.5 Å². The van der Waals surface area contributed by atoms with Gasteiger partial charge in [-0.25, -0.2) is 0 Å². The molecular weight excluding hydrogens is 336 g/mol. The lowest BCUT2D eigenvalue weighted by Gasteiger charge is -2.26. The zero-order valence-corrected chi connectivity index (χ0v) is 14.7. The van der Waals surface area contributed by atoms with Crippen LogP contribution >= 0.6 is 0 Å². The van der Waals surface area contributed by atoms with Crippen LogP contribution in [0.4, 0.5) is 5.69 Å². The summed E-state index contributed by atoms with van der Waals surface area (Å²) in [6.45, 7) is 0. The van der Waals surface area contributed by atoms with Crippen LogP contribution in [0.25, 0.3) is 0 Å². The van der Waals surface area contributed by atoms with E-state index in [4.69, 9.17) is 9.47 Å². The van der Waals surface area contributed by atoms with Crippen LogP contribution in [0.5, 0.6) is 11.5 Å². The number of carbonyl (C=O) groups is 1. The lowest BCUT2D eigenvalue weighted by atomic mass is 9.87. The molecule has 2 aromatic rings. The number of hydrogen-bond acceptors (Lipinski definition) is 5. The molecular formula is C19H20N2O5. The highest BCUT2D eigenvalue weighted by Gasteiger charge is 2.28. The standard InChI is InChI=1S/C19H20N2O5/c1-25-17-10-14(16(21(23)24)11-18(17)26-2)19(22)20-15-9-5-7-12-6-3-4-8-13(12)15/h3-4,6,8,10-11,15H,5,7,9H2,1-2H3,(H,20,22)/t15-/m1/s1. The number of nitrogens with zero attached hydrogens (tertiary/aromatic N) is 1. The van der Waals surface area contributed by atoms with Crippen molar-refractivity contribution in [2.75, 3.05) is 14.2 Å². The minimum atomic E-state index is -0.592. The smallest absolute Gasteiger partial charge is 0.286 e. The molecule has 0 aliphatic heterocycles. The van der Waals surface area contributed by atoms with Gasteiger partial charge in [-0.15, -0.1) is 0 Å². The minimum Gasteiger partial charge on any atom is -0.493 e. The molecule has 3 rings (SSSR count). The summed E-state index contributed by atoms with van der Waals surface area (Å²) >= 11 is 0. The maximum absolute atomic E-state index is 12.8. The van der Waals surface area contributed by atoms with Crippen LogP contribution in [0, 0.1) is 10.1 Å². The molecule has 0 fully saturated rings. The number of nitrogens with one attached hydrogen (secondary N) is 1. The van der Waals surface area contributed by atoms with E-state index in [0.717, 1.165) is 24.8 Å². The maximum atomic E-state index is 12.8. The SMILES string of the molecule is COc1cc(C(=O)N[C@@H]2CCCc3ccccc32)c([N+](=O)[O-])cc1OC. The predicted molar refractivity (Wildman–Crippen MR) is 95.8 cm³/mol. The summed E-state index contributed by atoms with van der Waals surface area (Å²) in [4.78, 5) is 23.6. The van der Waals surface area contributed by atoms with Crippen LogP contribution in [-0.2, 0) is 6.42 Å². The first-order valence-corrected chi connectivity index (χ1v) is 8.34. The third-order valence-corrected chi connectivity index (χ3v) is 4.62. The van der Waals surface area contributed by atoms with Gasteiger partial charge in [-0.3, -0.25) is 14.9 Å². The Balaban J connectivity index is 1.94. The molecule has 0 unspecified atom stereocenters. The van der Waals surface area contributed by atoms with Gasteiger partial charge < -0.3 is 14.8 Å². The topological polar surface area (TPSA) is 90.7 Å². The molecule has 1 amide bonds. The average molecular weight is 356 g/mol. The van der Waals surface area contributed by atoms with Crippen molar-refractivity contribution < 1.29 is 19.2 Å². The molecule has 7 heteroatoms. The first kappa shape index (κ1) is 17.7. The van der Waals surface area contributed by atoms with Crippen LogP contribution in [0.1, 0.15) is 40.4 Å². The van der Waals surface area contributed by atoms with Crippen molar-refractivity contribution >= 4 is 11.6 Å². The Hall–Kier alpha value is -3.09. The number of amides is 1. The lowest BCUT2D eigenvalue weighted by Crippen LogP contribution is -2.31. The molecule has 2 aromatic carbocycles. The van der Waals surface area contributed by atoms with Gasteiger partial charge in [0.25, 0.3) is 11.6 Å². The fraction of sp³-hybridized carbons (Fsp3) is 0.316. The normalized spacial score (nSPS) is 15.7. The van der Waals surface area contributed by atoms with E-state index >= 15 is 0 Å². The van der Waals surface area contributed by atoms with Gasteiger partial charge in [-0.2, -0.15) is 0 Å². The highest BCUT2D eigenvalue weighted by molar-refractivity contribution is 5.99. The second kappa shape index (κ2) is 7.43. The molecule has 1 N–H and O–H groups in total. The molecule has 0 radical (unpaired) electrons. The van der Waals surface area contributed by atoms with Gasteiger partial charge in [0.05, 0.1) is 31.3 Å². The van der Waals surface area contributed by atoms with E-state index in [2.05, 4.69) is 5.32 Å². The van der Waals surface area contributed by atoms with Crippen LogP contribution in [0.15, 0.2) is 36.4 Å².